The zero-order valence-corrected chi connectivity index (χ0v) is 9.97. The number of hydrogen-bond donors (Lipinski definition) is 0. The number of nitrogens with zero attached hydrogens (tertiary/aromatic N) is 1. The standard InChI is InChI=1S/C12H23NO/c1-5-6-9-13-10(12(2,3)4)7-8-11(13)14/h10H,5-9H2,1-4H3. The smallest absolute Gasteiger partial charge is 0.222 e. The average Bonchev–Trinajstić information content (AvgIpc) is 2.42. The molecule has 0 aromatic heterocycles. The van der Waals surface area contributed by atoms with E-state index in [1.807, 2.05) is 0 Å². The second-order valence-corrected chi connectivity index (χ2v) is 5.36. The zero-order valence-electron chi connectivity index (χ0n) is 9.97. The van der Waals surface area contributed by atoms with Crippen molar-refractivity contribution < 1.29 is 4.79 Å². The van der Waals surface area contributed by atoms with Gasteiger partial charge in [0.15, 0.2) is 0 Å². The number of unbranched alkanes of at least 4 members (excludes halogenated alkanes) is 1. The average molecular weight is 197 g/mol. The maximum Gasteiger partial charge on any atom is 0.222 e. The van der Waals surface area contributed by atoms with Crippen molar-refractivity contribution in [2.24, 2.45) is 5.41 Å². The Morgan fingerprint density at radius 3 is 2.57 bits per heavy atom. The number of amides is 1. The zero-order chi connectivity index (χ0) is 10.8. The van der Waals surface area contributed by atoms with Gasteiger partial charge in [-0.05, 0) is 18.3 Å². The largest absolute Gasteiger partial charge is 0.339 e. The first-order valence-electron chi connectivity index (χ1n) is 5.76. The Bertz CT molecular complexity index is 205. The number of hydrogen-bond acceptors (Lipinski definition) is 1. The van der Waals surface area contributed by atoms with Gasteiger partial charge in [0.05, 0.1) is 0 Å². The van der Waals surface area contributed by atoms with Crippen LogP contribution in [-0.4, -0.2) is 23.4 Å². The Hall–Kier alpha value is -0.530. The molecule has 0 bridgehead atoms. The first kappa shape index (κ1) is 11.5. The van der Waals surface area contributed by atoms with Gasteiger partial charge in [0.1, 0.15) is 0 Å². The first-order valence-corrected chi connectivity index (χ1v) is 5.76. The summed E-state index contributed by atoms with van der Waals surface area (Å²) in [5, 5.41) is 0. The molecule has 2 nitrogen and oxygen atoms in total. The van der Waals surface area contributed by atoms with E-state index in [1.54, 1.807) is 0 Å². The predicted molar refractivity (Wildman–Crippen MR) is 59.1 cm³/mol. The van der Waals surface area contributed by atoms with Gasteiger partial charge in [-0.15, -0.1) is 0 Å². The molecule has 14 heavy (non-hydrogen) atoms. The van der Waals surface area contributed by atoms with E-state index < -0.39 is 0 Å². The van der Waals surface area contributed by atoms with Gasteiger partial charge in [-0.2, -0.15) is 0 Å². The van der Waals surface area contributed by atoms with Crippen LogP contribution in [0.25, 0.3) is 0 Å². The number of carbonyl (C=O) groups excluding carboxylic acids is 1. The lowest BCUT2D eigenvalue weighted by molar-refractivity contribution is -0.130. The fraction of sp³-hybridized carbons (Fsp3) is 0.917. The monoisotopic (exact) mass is 197 g/mol. The number of carbonyl (C=O) groups is 1. The highest BCUT2D eigenvalue weighted by atomic mass is 16.2. The fourth-order valence-corrected chi connectivity index (χ4v) is 2.24. The van der Waals surface area contributed by atoms with E-state index in [0.717, 1.165) is 25.8 Å². The second kappa shape index (κ2) is 4.33. The molecule has 82 valence electrons. The molecule has 1 amide bonds. The van der Waals surface area contributed by atoms with Crippen LogP contribution in [0.2, 0.25) is 0 Å². The van der Waals surface area contributed by atoms with Crippen molar-refractivity contribution in [2.45, 2.75) is 59.4 Å². The molecule has 0 spiro atoms. The molecule has 0 saturated carbocycles. The molecule has 1 saturated heterocycles. The van der Waals surface area contributed by atoms with Crippen LogP contribution in [0.4, 0.5) is 0 Å². The third-order valence-corrected chi connectivity index (χ3v) is 3.08. The molecule has 1 heterocycles. The summed E-state index contributed by atoms with van der Waals surface area (Å²) in [6.07, 6.45) is 4.11. The Morgan fingerprint density at radius 2 is 2.07 bits per heavy atom. The molecule has 0 aliphatic carbocycles. The van der Waals surface area contributed by atoms with Crippen molar-refractivity contribution >= 4 is 5.91 Å². The van der Waals surface area contributed by atoms with E-state index in [4.69, 9.17) is 0 Å². The van der Waals surface area contributed by atoms with Gasteiger partial charge < -0.3 is 4.90 Å². The highest BCUT2D eigenvalue weighted by molar-refractivity contribution is 5.78. The van der Waals surface area contributed by atoms with Gasteiger partial charge in [-0.1, -0.05) is 34.1 Å². The van der Waals surface area contributed by atoms with Crippen LogP contribution in [-0.2, 0) is 4.79 Å². The van der Waals surface area contributed by atoms with Crippen LogP contribution in [0.1, 0.15) is 53.4 Å². The highest BCUT2D eigenvalue weighted by Crippen LogP contribution is 2.33. The minimum absolute atomic E-state index is 0.236. The number of likely N-dealkylation sites (tertiary alicyclic amines) is 1. The molecule has 0 aromatic carbocycles. The van der Waals surface area contributed by atoms with Crippen molar-refractivity contribution in [2.75, 3.05) is 6.54 Å². The predicted octanol–water partition coefficient (Wildman–Crippen LogP) is 2.82. The van der Waals surface area contributed by atoms with Gasteiger partial charge in [0.25, 0.3) is 0 Å². The summed E-state index contributed by atoms with van der Waals surface area (Å²) in [6.45, 7) is 9.82. The van der Waals surface area contributed by atoms with E-state index in [1.165, 1.54) is 6.42 Å². The van der Waals surface area contributed by atoms with Crippen molar-refractivity contribution in [3.05, 3.63) is 0 Å². The fourth-order valence-electron chi connectivity index (χ4n) is 2.24. The minimum Gasteiger partial charge on any atom is -0.339 e. The molecule has 1 aliphatic heterocycles. The lowest BCUT2D eigenvalue weighted by Crippen LogP contribution is -2.41. The maximum absolute atomic E-state index is 11.7. The lowest BCUT2D eigenvalue weighted by atomic mass is 9.85. The van der Waals surface area contributed by atoms with Crippen LogP contribution < -0.4 is 0 Å². The van der Waals surface area contributed by atoms with Crippen LogP contribution in [0.15, 0.2) is 0 Å². The van der Waals surface area contributed by atoms with Crippen LogP contribution in [0.5, 0.6) is 0 Å². The van der Waals surface area contributed by atoms with E-state index >= 15 is 0 Å². The molecule has 0 radical (unpaired) electrons. The molecule has 1 rings (SSSR count). The van der Waals surface area contributed by atoms with Crippen molar-refractivity contribution in [3.63, 3.8) is 0 Å². The van der Waals surface area contributed by atoms with E-state index in [9.17, 15) is 4.79 Å². The minimum atomic E-state index is 0.236. The Balaban J connectivity index is 2.62. The van der Waals surface area contributed by atoms with Crippen LogP contribution >= 0.6 is 0 Å². The van der Waals surface area contributed by atoms with Crippen LogP contribution in [0.3, 0.4) is 0 Å². The second-order valence-electron chi connectivity index (χ2n) is 5.36. The third kappa shape index (κ3) is 2.49. The molecule has 0 N–H and O–H groups in total. The van der Waals surface area contributed by atoms with Crippen molar-refractivity contribution in [1.29, 1.82) is 0 Å². The summed E-state index contributed by atoms with van der Waals surface area (Å²) in [4.78, 5) is 13.8. The van der Waals surface area contributed by atoms with E-state index in [2.05, 4.69) is 32.6 Å². The Kier molecular flexibility index (Phi) is 3.57. The number of rotatable bonds is 3. The van der Waals surface area contributed by atoms with Gasteiger partial charge in [-0.3, -0.25) is 4.79 Å². The van der Waals surface area contributed by atoms with Gasteiger partial charge in [0, 0.05) is 19.0 Å². The molecule has 0 aromatic rings. The summed E-state index contributed by atoms with van der Waals surface area (Å²) in [7, 11) is 0. The summed E-state index contributed by atoms with van der Waals surface area (Å²) in [5.41, 5.74) is 0.236. The van der Waals surface area contributed by atoms with Gasteiger partial charge in [-0.25, -0.2) is 0 Å². The normalized spacial score (nSPS) is 23.3. The molecule has 1 atom stereocenters. The first-order chi connectivity index (χ1) is 6.46. The Morgan fingerprint density at radius 1 is 1.43 bits per heavy atom. The topological polar surface area (TPSA) is 20.3 Å². The molecular weight excluding hydrogens is 174 g/mol. The van der Waals surface area contributed by atoms with Crippen LogP contribution in [0, 0.1) is 5.41 Å². The highest BCUT2D eigenvalue weighted by Gasteiger charge is 2.37. The maximum atomic E-state index is 11.7. The molecule has 1 fully saturated rings. The molecule has 2 heteroatoms. The van der Waals surface area contributed by atoms with Crippen molar-refractivity contribution in [1.82, 2.24) is 4.90 Å². The van der Waals surface area contributed by atoms with Crippen molar-refractivity contribution in [3.8, 4) is 0 Å². The molecule has 1 unspecified atom stereocenters. The molecule has 1 aliphatic rings. The summed E-state index contributed by atoms with van der Waals surface area (Å²) < 4.78 is 0. The SMILES string of the molecule is CCCCN1C(=O)CCC1C(C)(C)C. The van der Waals surface area contributed by atoms with Gasteiger partial charge >= 0.3 is 0 Å². The molecular formula is C12H23NO. The summed E-state index contributed by atoms with van der Waals surface area (Å²) >= 11 is 0. The summed E-state index contributed by atoms with van der Waals surface area (Å²) in [6, 6.07) is 0.460. The lowest BCUT2D eigenvalue weighted by Gasteiger charge is -2.35. The van der Waals surface area contributed by atoms with E-state index in [-0.39, 0.29) is 5.41 Å². The third-order valence-electron chi connectivity index (χ3n) is 3.08. The van der Waals surface area contributed by atoms with E-state index in [0.29, 0.717) is 11.9 Å². The van der Waals surface area contributed by atoms with Gasteiger partial charge in [0.2, 0.25) is 5.91 Å². The summed E-state index contributed by atoms with van der Waals surface area (Å²) in [5.74, 6) is 0.360. The Labute approximate surface area is 87.7 Å². The quantitative estimate of drug-likeness (QED) is 0.681.